The van der Waals surface area contributed by atoms with Crippen molar-refractivity contribution >= 4 is 61.4 Å². The Balaban J connectivity index is 1.53. The average Bonchev–Trinajstić information content (AvgIpc) is 3.32. The number of nitrogen functional groups attached to an aromatic ring is 1. The third-order valence-corrected chi connectivity index (χ3v) is 7.44. The number of rotatable bonds is 5. The summed E-state index contributed by atoms with van der Waals surface area (Å²) in [6, 6.07) is 47.0. The van der Waals surface area contributed by atoms with E-state index in [1.807, 2.05) is 18.2 Å². The molecule has 0 unspecified atom stereocenters. The highest BCUT2D eigenvalue weighted by Gasteiger charge is 2.19. The zero-order valence-corrected chi connectivity index (χ0v) is 21.5. The van der Waals surface area contributed by atoms with Crippen LogP contribution in [0.2, 0.25) is 0 Å². The van der Waals surface area contributed by atoms with Crippen molar-refractivity contribution in [2.45, 2.75) is 0 Å². The number of nitrogens with two attached hydrogens (primary N) is 1. The van der Waals surface area contributed by atoms with Gasteiger partial charge in [0, 0.05) is 38.9 Å². The van der Waals surface area contributed by atoms with Crippen LogP contribution < -0.4 is 10.6 Å². The average molecular weight is 502 g/mol. The number of fused-ring (bicyclic) bond motifs is 4. The lowest BCUT2D eigenvalue weighted by atomic mass is 10.0. The minimum atomic E-state index is 0.745. The van der Waals surface area contributed by atoms with Crippen LogP contribution >= 0.6 is 0 Å². The van der Waals surface area contributed by atoms with Crippen molar-refractivity contribution < 1.29 is 0 Å². The molecule has 0 aliphatic rings. The maximum atomic E-state index is 6.09. The number of para-hydroxylation sites is 1. The van der Waals surface area contributed by atoms with Gasteiger partial charge in [-0.2, -0.15) is 0 Å². The third kappa shape index (κ3) is 3.84. The van der Waals surface area contributed by atoms with Gasteiger partial charge in [0.2, 0.25) is 0 Å². The highest BCUT2D eigenvalue weighted by molar-refractivity contribution is 6.11. The molecule has 1 aromatic heterocycles. The van der Waals surface area contributed by atoms with E-state index < -0.39 is 0 Å². The van der Waals surface area contributed by atoms with E-state index in [0.29, 0.717) is 0 Å². The lowest BCUT2D eigenvalue weighted by Crippen LogP contribution is -2.10. The van der Waals surface area contributed by atoms with Crippen molar-refractivity contribution in [3.63, 3.8) is 0 Å². The molecule has 39 heavy (non-hydrogen) atoms. The van der Waals surface area contributed by atoms with E-state index in [1.165, 1.54) is 27.1 Å². The first-order valence-corrected chi connectivity index (χ1v) is 13.1. The van der Waals surface area contributed by atoms with Crippen LogP contribution in [0.3, 0.4) is 0 Å². The van der Waals surface area contributed by atoms with Crippen LogP contribution in [-0.2, 0) is 0 Å². The number of anilines is 4. The molecule has 1 heterocycles. The lowest BCUT2D eigenvalue weighted by molar-refractivity contribution is 1.18. The summed E-state index contributed by atoms with van der Waals surface area (Å²) in [5.74, 6) is 0. The molecule has 3 heteroatoms. The minimum absolute atomic E-state index is 0.745. The number of hydrogen-bond donors (Lipinski definition) is 1. The molecule has 3 nitrogen and oxygen atoms in total. The fourth-order valence-corrected chi connectivity index (χ4v) is 5.60. The van der Waals surface area contributed by atoms with Crippen molar-refractivity contribution in [3.8, 4) is 5.69 Å². The molecular weight excluding hydrogens is 474 g/mol. The van der Waals surface area contributed by atoms with Crippen LogP contribution in [0, 0.1) is 0 Å². The molecule has 0 saturated carbocycles. The van der Waals surface area contributed by atoms with E-state index in [0.717, 1.165) is 39.5 Å². The zero-order chi connectivity index (χ0) is 26.3. The predicted molar refractivity (Wildman–Crippen MR) is 167 cm³/mol. The summed E-state index contributed by atoms with van der Waals surface area (Å²) in [5.41, 5.74) is 14.7. The summed E-state index contributed by atoms with van der Waals surface area (Å²) in [6.07, 6.45) is 1.91. The van der Waals surface area contributed by atoms with Crippen LogP contribution in [0.4, 0.5) is 22.7 Å². The normalized spacial score (nSPS) is 11.3. The van der Waals surface area contributed by atoms with Crippen LogP contribution in [0.1, 0.15) is 5.56 Å². The van der Waals surface area contributed by atoms with Gasteiger partial charge in [-0.1, -0.05) is 73.3 Å². The maximum Gasteiger partial charge on any atom is 0.0542 e. The largest absolute Gasteiger partial charge is 0.399 e. The summed E-state index contributed by atoms with van der Waals surface area (Å²) in [4.78, 5) is 2.32. The fourth-order valence-electron chi connectivity index (χ4n) is 5.60. The molecule has 6 aromatic carbocycles. The Kier molecular flexibility index (Phi) is 5.42. The van der Waals surface area contributed by atoms with Crippen molar-refractivity contribution in [2.75, 3.05) is 10.6 Å². The van der Waals surface area contributed by atoms with Crippen molar-refractivity contribution in [1.82, 2.24) is 4.57 Å². The molecular formula is C36H27N3. The maximum absolute atomic E-state index is 6.09. The number of aromatic nitrogens is 1. The Morgan fingerprint density at radius 1 is 0.590 bits per heavy atom. The Morgan fingerprint density at radius 3 is 2.05 bits per heavy atom. The van der Waals surface area contributed by atoms with Gasteiger partial charge in [0.05, 0.1) is 16.7 Å². The predicted octanol–water partition coefficient (Wildman–Crippen LogP) is 9.63. The molecule has 0 saturated heterocycles. The highest BCUT2D eigenvalue weighted by Crippen LogP contribution is 2.42. The molecule has 0 atom stereocenters. The standard InChI is InChI=1S/C36H27N3/c1-2-25-15-21-35-32(23-25)33-24-30(20-22-36(33)39(35)28-11-4-3-5-12-28)38(29-18-16-27(37)17-19-29)34-14-8-10-26-9-6-7-13-31(26)34/h2-24H,1,37H2. The lowest BCUT2D eigenvalue weighted by Gasteiger charge is -2.27. The quantitative estimate of drug-likeness (QED) is 0.238. The van der Waals surface area contributed by atoms with Gasteiger partial charge in [-0.05, 0) is 83.7 Å². The first-order chi connectivity index (χ1) is 19.2. The summed E-state index contributed by atoms with van der Waals surface area (Å²) >= 11 is 0. The molecule has 7 rings (SSSR count). The summed E-state index contributed by atoms with van der Waals surface area (Å²) in [7, 11) is 0. The summed E-state index contributed by atoms with van der Waals surface area (Å²) in [5, 5.41) is 4.78. The van der Waals surface area contributed by atoms with Gasteiger partial charge in [0.25, 0.3) is 0 Å². The fraction of sp³-hybridized carbons (Fsp3) is 0. The molecule has 7 aromatic rings. The van der Waals surface area contributed by atoms with Crippen LogP contribution in [0.15, 0.2) is 140 Å². The van der Waals surface area contributed by atoms with Gasteiger partial charge in [-0.15, -0.1) is 0 Å². The second kappa shape index (κ2) is 9.23. The summed E-state index contributed by atoms with van der Waals surface area (Å²) < 4.78 is 2.34. The summed E-state index contributed by atoms with van der Waals surface area (Å²) in [6.45, 7) is 4.02. The molecule has 0 radical (unpaired) electrons. The van der Waals surface area contributed by atoms with E-state index in [2.05, 4.69) is 137 Å². The molecule has 0 fully saturated rings. The van der Waals surface area contributed by atoms with Gasteiger partial charge >= 0.3 is 0 Å². The molecule has 0 aliphatic heterocycles. The topological polar surface area (TPSA) is 34.2 Å². The first-order valence-electron chi connectivity index (χ1n) is 13.1. The number of benzene rings is 6. The van der Waals surface area contributed by atoms with E-state index >= 15 is 0 Å². The van der Waals surface area contributed by atoms with Gasteiger partial charge in [0.15, 0.2) is 0 Å². The second-order valence-corrected chi connectivity index (χ2v) is 9.78. The zero-order valence-electron chi connectivity index (χ0n) is 21.5. The van der Waals surface area contributed by atoms with Gasteiger partial charge in [0.1, 0.15) is 0 Å². The molecule has 186 valence electrons. The minimum Gasteiger partial charge on any atom is -0.399 e. The van der Waals surface area contributed by atoms with Crippen LogP contribution in [-0.4, -0.2) is 4.57 Å². The van der Waals surface area contributed by atoms with Crippen molar-refractivity contribution in [1.29, 1.82) is 0 Å². The Morgan fingerprint density at radius 2 is 1.26 bits per heavy atom. The number of hydrogen-bond acceptors (Lipinski definition) is 2. The SMILES string of the molecule is C=Cc1ccc2c(c1)c1cc(N(c3ccc(N)cc3)c3cccc4ccccc34)ccc1n2-c1ccccc1. The van der Waals surface area contributed by atoms with Crippen molar-refractivity contribution in [2.24, 2.45) is 0 Å². The van der Waals surface area contributed by atoms with Crippen LogP contribution in [0.5, 0.6) is 0 Å². The van der Waals surface area contributed by atoms with Crippen LogP contribution in [0.25, 0.3) is 44.3 Å². The van der Waals surface area contributed by atoms with E-state index in [9.17, 15) is 0 Å². The Labute approximate surface area is 227 Å². The van der Waals surface area contributed by atoms with Gasteiger partial charge < -0.3 is 15.2 Å². The van der Waals surface area contributed by atoms with E-state index in [1.54, 1.807) is 0 Å². The number of nitrogens with zero attached hydrogens (tertiary/aromatic N) is 2. The molecule has 2 N–H and O–H groups in total. The highest BCUT2D eigenvalue weighted by atomic mass is 15.1. The van der Waals surface area contributed by atoms with E-state index in [4.69, 9.17) is 5.73 Å². The second-order valence-electron chi connectivity index (χ2n) is 9.78. The Hall–Kier alpha value is -5.28. The molecule has 0 spiro atoms. The molecule has 0 bridgehead atoms. The van der Waals surface area contributed by atoms with Gasteiger partial charge in [-0.3, -0.25) is 0 Å². The third-order valence-electron chi connectivity index (χ3n) is 7.44. The molecule has 0 aliphatic carbocycles. The van der Waals surface area contributed by atoms with Gasteiger partial charge in [-0.25, -0.2) is 0 Å². The van der Waals surface area contributed by atoms with E-state index in [-0.39, 0.29) is 0 Å². The first kappa shape index (κ1) is 22.9. The molecule has 0 amide bonds. The van der Waals surface area contributed by atoms with Crippen molar-refractivity contribution in [3.05, 3.63) is 146 Å². The smallest absolute Gasteiger partial charge is 0.0542 e. The monoisotopic (exact) mass is 501 g/mol. The Bertz CT molecular complexity index is 1980.